The summed E-state index contributed by atoms with van der Waals surface area (Å²) in [7, 11) is 1.66. The molecule has 2 N–H and O–H groups in total. The lowest BCUT2D eigenvalue weighted by Crippen LogP contribution is -2.33. The predicted octanol–water partition coefficient (Wildman–Crippen LogP) is 30.6. The molecule has 0 unspecified atom stereocenters. The third-order valence-corrected chi connectivity index (χ3v) is 24.0. The minimum atomic E-state index is -1.77. The summed E-state index contributed by atoms with van der Waals surface area (Å²) in [6.07, 6.45) is 15.6. The number of ether oxygens (including phenoxy) is 5. The number of likely N-dealkylation sites (tertiary alicyclic amines) is 1. The predicted molar refractivity (Wildman–Crippen MR) is 541 cm³/mol. The number of esters is 1. The van der Waals surface area contributed by atoms with Gasteiger partial charge < -0.3 is 39.2 Å². The van der Waals surface area contributed by atoms with E-state index in [9.17, 15) is 45.1 Å². The molecule has 135 heavy (non-hydrogen) atoms. The molecule has 20 heteroatoms. The van der Waals surface area contributed by atoms with Crippen LogP contribution < -0.4 is 39.2 Å². The van der Waals surface area contributed by atoms with Crippen LogP contribution in [0.4, 0.5) is 47.8 Å². The molecule has 8 aromatic rings. The summed E-state index contributed by atoms with van der Waals surface area (Å²) in [4.78, 5) is 39.0. The van der Waals surface area contributed by atoms with Gasteiger partial charge in [0.25, 0.3) is 0 Å². The first-order chi connectivity index (χ1) is 65.0. The minimum Gasteiger partial charge on any atom is -0.493 e. The molecule has 1 aliphatic heterocycles. The Morgan fingerprint density at radius 2 is 0.807 bits per heavy atom. The van der Waals surface area contributed by atoms with Gasteiger partial charge in [-0.2, -0.15) is 0 Å². The number of hydrogen-bond acceptors (Lipinski definition) is 10. The Labute approximate surface area is 818 Å². The Bertz CT molecular complexity index is 5480. The molecule has 742 valence electrons. The second-order valence-electron chi connectivity index (χ2n) is 45.2. The van der Waals surface area contributed by atoms with Crippen molar-refractivity contribution in [1.29, 1.82) is 0 Å². The molecule has 0 atom stereocenters. The molecule has 0 radical (unpaired) electrons. The highest BCUT2D eigenvalue weighted by Crippen LogP contribution is 2.41. The normalized spacial score (nSPS) is 16.6. The zero-order valence-corrected chi connectivity index (χ0v) is 86.1. The smallest absolute Gasteiger partial charge is 0.314 e. The van der Waals surface area contributed by atoms with Crippen LogP contribution in [0.2, 0.25) is 5.02 Å². The van der Waals surface area contributed by atoms with Gasteiger partial charge in [0.05, 0.1) is 45.2 Å². The van der Waals surface area contributed by atoms with E-state index in [0.717, 1.165) is 147 Å². The molecule has 6 saturated carbocycles. The lowest BCUT2D eigenvalue weighted by atomic mass is 9.87. The zero-order chi connectivity index (χ0) is 105. The van der Waals surface area contributed by atoms with Gasteiger partial charge in [-0.05, 0) is 324 Å². The van der Waals surface area contributed by atoms with Crippen molar-refractivity contribution in [1.82, 2.24) is 4.90 Å². The topological polar surface area (TPSA) is 128 Å². The Hall–Kier alpha value is -9.07. The standard InChI is InChI=1S/C17H26FNO.C15H20FNO.C14H17ClO2.C14H18FNO.C14H20FN.2C14H19FO.C13H19FO/c1-17(2,3)14-7-8-15(18)16(13-14)20-12-11-19-9-5-4-6-10-19;1-15(2,3)11-7-8-12(16)13(9-11)17(4)14(18)10-5-6-10;1-14(2,3)10-6-11(15)8-12(7-10)17-13(16)9-4-5-9;1-14(2,3)10-6-7-11(15)12(8-10)16-13(17)9-4-5-9;2*1-14(2,3)11-6-12(15)8-13(7-11)16-9-10-4-5-10;1-14(2,3)11-6-7-12(15)13(8-11)16-9-10-4-5-10;1-5-6-15-12-8-10(13(2,3)4)7-11(14)9-12/h7-8,13H,4-6,9-12H2,1-3H3;7-10H,5-6H2,1-4H3;6-9H,4-5H2,1-3H3;6-9H,4-5H2,1-3H3,(H,16,17);6-8,10,16H,4-5,9H2,1-3H3;2*6-8,10H,4-5,9H2,1-3H3;7-9H,5-6H2,1-4H3/i;;;;;2*9D2;6D2. The van der Waals surface area contributed by atoms with Gasteiger partial charge in [-0.3, -0.25) is 19.3 Å². The number of benzene rings is 8. The van der Waals surface area contributed by atoms with Crippen molar-refractivity contribution in [3.05, 3.63) is 236 Å². The van der Waals surface area contributed by atoms with Crippen LogP contribution in [0.15, 0.2) is 146 Å². The molecule has 12 nitrogen and oxygen atoms in total. The molecule has 0 bridgehead atoms. The molecular formula is C115H158ClF7N4O8. The Morgan fingerprint density at radius 3 is 1.26 bits per heavy atom. The number of amides is 2. The summed E-state index contributed by atoms with van der Waals surface area (Å²) in [5.74, 6) is -0.165. The molecular weight excluding hydrogens is 1730 g/mol. The number of halogens is 8. The van der Waals surface area contributed by atoms with Crippen LogP contribution in [0.5, 0.6) is 28.7 Å². The lowest BCUT2D eigenvalue weighted by Gasteiger charge is -2.26. The second-order valence-corrected chi connectivity index (χ2v) is 45.6. The number of carbonyl (C=O) groups is 3. The molecule has 1 heterocycles. The highest BCUT2D eigenvalue weighted by atomic mass is 35.5. The highest BCUT2D eigenvalue weighted by Gasteiger charge is 2.36. The number of nitrogens with one attached hydrogen (secondary N) is 2. The number of carbonyl (C=O) groups excluding carboxylic acids is 3. The molecule has 7 aliphatic rings. The summed E-state index contributed by atoms with van der Waals surface area (Å²) < 4.78 is 168. The van der Waals surface area contributed by atoms with Gasteiger partial charge in [0.1, 0.15) is 52.9 Å². The Morgan fingerprint density at radius 1 is 0.407 bits per heavy atom. The number of anilines is 3. The van der Waals surface area contributed by atoms with Crippen LogP contribution in [-0.4, -0.2) is 82.2 Å². The van der Waals surface area contributed by atoms with E-state index in [1.165, 1.54) is 85.5 Å². The summed E-state index contributed by atoms with van der Waals surface area (Å²) in [6.45, 7) is 50.5. The van der Waals surface area contributed by atoms with Crippen molar-refractivity contribution >= 4 is 46.4 Å². The van der Waals surface area contributed by atoms with E-state index in [-0.39, 0.29) is 143 Å². The number of piperidine rings is 1. The summed E-state index contributed by atoms with van der Waals surface area (Å²) in [5, 5.41) is 6.60. The maximum Gasteiger partial charge on any atom is 0.314 e. The fraction of sp³-hybridized carbons (Fsp3) is 0.557. The van der Waals surface area contributed by atoms with Gasteiger partial charge in [0, 0.05) is 54.8 Å². The van der Waals surface area contributed by atoms with E-state index in [1.807, 2.05) is 86.6 Å². The average Bonchev–Trinajstić information content (AvgIpc) is 1.63. The largest absolute Gasteiger partial charge is 0.493 e. The molecule has 6 aliphatic carbocycles. The highest BCUT2D eigenvalue weighted by molar-refractivity contribution is 6.30. The van der Waals surface area contributed by atoms with Crippen molar-refractivity contribution in [2.24, 2.45) is 35.5 Å². The van der Waals surface area contributed by atoms with Crippen molar-refractivity contribution in [3.8, 4) is 28.7 Å². The van der Waals surface area contributed by atoms with E-state index in [1.54, 1.807) is 80.7 Å². The van der Waals surface area contributed by atoms with E-state index in [0.29, 0.717) is 34.5 Å². The molecule has 0 aromatic heterocycles. The maximum atomic E-state index is 13.9. The van der Waals surface area contributed by atoms with Crippen molar-refractivity contribution in [3.63, 3.8) is 0 Å². The Kier molecular flexibility index (Phi) is 36.6. The Balaban J connectivity index is 0.000000197. The monoisotopic (exact) mass is 1900 g/mol. The maximum absolute atomic E-state index is 13.9. The molecule has 8 aromatic carbocycles. The van der Waals surface area contributed by atoms with Gasteiger partial charge >= 0.3 is 5.97 Å². The molecule has 1 saturated heterocycles. The van der Waals surface area contributed by atoms with Gasteiger partial charge in [-0.15, -0.1) is 0 Å². The van der Waals surface area contributed by atoms with Crippen LogP contribution in [-0.2, 0) is 57.7 Å². The quantitative estimate of drug-likeness (QED) is 0.0385. The fourth-order valence-electron chi connectivity index (χ4n) is 13.5. The van der Waals surface area contributed by atoms with Crippen molar-refractivity contribution in [2.75, 3.05) is 75.0 Å². The van der Waals surface area contributed by atoms with E-state index in [4.69, 9.17) is 43.5 Å². The van der Waals surface area contributed by atoms with Crippen LogP contribution in [0.1, 0.15) is 329 Å². The molecule has 0 spiro atoms. The summed E-state index contributed by atoms with van der Waals surface area (Å²) in [6, 6.07) is 39.4. The van der Waals surface area contributed by atoms with Gasteiger partial charge in [-0.25, -0.2) is 30.7 Å². The molecule has 15 rings (SSSR count). The zero-order valence-electron chi connectivity index (χ0n) is 91.4. The molecule has 7 fully saturated rings. The fourth-order valence-corrected chi connectivity index (χ4v) is 13.7. The number of nitrogens with zero attached hydrogens (tertiary/aromatic N) is 2. The first kappa shape index (κ1) is 102. The number of rotatable bonds is 22. The van der Waals surface area contributed by atoms with Crippen LogP contribution in [0, 0.1) is 76.2 Å². The SMILES string of the molecule is CC(C)(C)c1cc(Cl)cc(OC(=O)C2CC2)c1.CC(C)(C)c1cc(F)cc(NCC2CC2)c1.CC(C)(C)c1ccc(F)c(NC(=O)C2CC2)c1.CC(C)(C)c1ccc(F)c(OCCN2CCCCC2)c1.CN(C(=O)C1CC1)c1cc(C(C)(C)C)ccc1F.[2H]C([2H])(CC)Oc1cc(F)cc(C(C)(C)C)c1.[2H]C([2H])(Oc1cc(C(C)(C)C)ccc1F)C1CC1.[2H]C([2H])(Oc1cc(F)cc(C(C)(C)C)c1)C1CC1. The lowest BCUT2D eigenvalue weighted by molar-refractivity contribution is -0.135. The van der Waals surface area contributed by atoms with Crippen molar-refractivity contribution < 1.29 is 77.0 Å². The average molecular weight is 1900 g/mol. The first-order valence-corrected chi connectivity index (χ1v) is 48.8. The molecule has 2 amide bonds. The minimum absolute atomic E-state index is 0.00187. The van der Waals surface area contributed by atoms with Gasteiger partial charge in [0.15, 0.2) is 23.1 Å². The van der Waals surface area contributed by atoms with E-state index in [2.05, 4.69) is 125 Å². The third-order valence-electron chi connectivity index (χ3n) is 23.7. The van der Waals surface area contributed by atoms with E-state index >= 15 is 0 Å². The van der Waals surface area contributed by atoms with Crippen LogP contribution in [0.3, 0.4) is 0 Å². The summed E-state index contributed by atoms with van der Waals surface area (Å²) in [5.41, 5.74) is 8.82. The number of hydrogen-bond donors (Lipinski definition) is 2. The summed E-state index contributed by atoms with van der Waals surface area (Å²) >= 11 is 6.04. The van der Waals surface area contributed by atoms with Crippen LogP contribution in [0.25, 0.3) is 0 Å². The van der Waals surface area contributed by atoms with Gasteiger partial charge in [0.2, 0.25) is 11.8 Å². The third kappa shape index (κ3) is 39.8. The second kappa shape index (κ2) is 48.5. The van der Waals surface area contributed by atoms with Crippen molar-refractivity contribution in [2.45, 2.75) is 319 Å². The van der Waals surface area contributed by atoms with E-state index < -0.39 is 31.3 Å². The van der Waals surface area contributed by atoms with Gasteiger partial charge in [-0.1, -0.05) is 215 Å². The first-order valence-electron chi connectivity index (χ1n) is 51.4. The van der Waals surface area contributed by atoms with Crippen LogP contribution >= 0.6 is 11.6 Å².